The van der Waals surface area contributed by atoms with Crippen molar-refractivity contribution in [3.05, 3.63) is 35.1 Å². The van der Waals surface area contributed by atoms with Gasteiger partial charge in [-0.2, -0.15) is 0 Å². The van der Waals surface area contributed by atoms with E-state index < -0.39 is 30.0 Å². The molecular weight excluding hydrogens is 371 g/mol. The number of benzene rings is 1. The molecule has 0 aromatic heterocycles. The summed E-state index contributed by atoms with van der Waals surface area (Å²) in [6, 6.07) is 3.12. The van der Waals surface area contributed by atoms with Crippen molar-refractivity contribution in [3.8, 4) is 0 Å². The largest absolute Gasteiger partial charge is 0.350 e. The molecule has 152 valence electrons. The van der Waals surface area contributed by atoms with Gasteiger partial charge in [0.25, 0.3) is 0 Å². The Morgan fingerprint density at radius 1 is 1.32 bits per heavy atom. The van der Waals surface area contributed by atoms with Gasteiger partial charge in [0.1, 0.15) is 23.7 Å². The minimum Gasteiger partial charge on any atom is -0.350 e. The highest BCUT2D eigenvalue weighted by Crippen LogP contribution is 2.45. The van der Waals surface area contributed by atoms with Crippen molar-refractivity contribution >= 4 is 11.8 Å². The summed E-state index contributed by atoms with van der Waals surface area (Å²) in [6.07, 6.45) is -1.63. The number of alkyl halides is 2. The van der Waals surface area contributed by atoms with Crippen molar-refractivity contribution in [1.29, 1.82) is 0 Å². The van der Waals surface area contributed by atoms with Gasteiger partial charge in [0, 0.05) is 25.6 Å². The van der Waals surface area contributed by atoms with Gasteiger partial charge in [-0.3, -0.25) is 9.59 Å². The number of rotatable bonds is 4. The number of piperidine rings is 1. The lowest BCUT2D eigenvalue weighted by molar-refractivity contribution is -0.143. The zero-order valence-electron chi connectivity index (χ0n) is 15.7. The highest BCUT2D eigenvalue weighted by Gasteiger charge is 2.57. The molecule has 2 fully saturated rings. The first-order valence-electron chi connectivity index (χ1n) is 9.70. The van der Waals surface area contributed by atoms with Crippen LogP contribution in [0.3, 0.4) is 0 Å². The molecule has 3 aliphatic rings. The monoisotopic (exact) mass is 395 g/mol. The molecule has 0 spiro atoms. The first kappa shape index (κ1) is 19.2. The molecule has 1 saturated carbocycles. The molecule has 0 bridgehead atoms. The Labute approximate surface area is 161 Å². The summed E-state index contributed by atoms with van der Waals surface area (Å²) in [5.41, 5.74) is 0.525. The van der Waals surface area contributed by atoms with Crippen LogP contribution in [0.25, 0.3) is 0 Å². The van der Waals surface area contributed by atoms with Crippen LogP contribution in [-0.4, -0.2) is 53.2 Å². The van der Waals surface area contributed by atoms with Crippen LogP contribution in [0.2, 0.25) is 0 Å². The van der Waals surface area contributed by atoms with Crippen LogP contribution in [0.15, 0.2) is 18.2 Å². The van der Waals surface area contributed by atoms with Crippen molar-refractivity contribution in [2.45, 2.75) is 69.1 Å². The van der Waals surface area contributed by atoms with Gasteiger partial charge in [-0.15, -0.1) is 0 Å². The summed E-state index contributed by atoms with van der Waals surface area (Å²) in [5.74, 6) is -0.872. The maximum absolute atomic E-state index is 14.2. The fourth-order valence-corrected chi connectivity index (χ4v) is 4.35. The van der Waals surface area contributed by atoms with E-state index in [2.05, 4.69) is 10.6 Å². The number of carbonyl (C=O) groups is 2. The predicted octanol–water partition coefficient (Wildman–Crippen LogP) is 1.79. The minimum atomic E-state index is -1.39. The van der Waals surface area contributed by atoms with Crippen molar-refractivity contribution in [2.75, 3.05) is 6.54 Å². The van der Waals surface area contributed by atoms with Crippen molar-refractivity contribution in [2.24, 2.45) is 0 Å². The molecule has 1 aromatic carbocycles. The maximum atomic E-state index is 14.2. The molecule has 2 amide bonds. The number of fused-ring (bicyclic) bond motifs is 1. The lowest BCUT2D eigenvalue weighted by Crippen LogP contribution is -2.61. The first-order valence-corrected chi connectivity index (χ1v) is 9.70. The molecule has 0 radical (unpaired) electrons. The second-order valence-electron chi connectivity index (χ2n) is 8.15. The smallest absolute Gasteiger partial charge is 0.246 e. The highest BCUT2D eigenvalue weighted by molar-refractivity contribution is 5.95. The Morgan fingerprint density at radius 2 is 2.07 bits per heavy atom. The summed E-state index contributed by atoms with van der Waals surface area (Å²) in [4.78, 5) is 27.1. The second kappa shape index (κ2) is 7.06. The van der Waals surface area contributed by atoms with E-state index in [-0.39, 0.29) is 43.6 Å². The summed E-state index contributed by atoms with van der Waals surface area (Å²) < 4.78 is 41.1. The fraction of sp³-hybridized carbons (Fsp3) is 0.600. The van der Waals surface area contributed by atoms with Gasteiger partial charge in [0.2, 0.25) is 11.8 Å². The number of hydrogen-bond acceptors (Lipinski definition) is 3. The molecule has 28 heavy (non-hydrogen) atoms. The molecule has 2 heterocycles. The third kappa shape index (κ3) is 3.38. The van der Waals surface area contributed by atoms with Crippen LogP contribution in [0.4, 0.5) is 13.2 Å². The van der Waals surface area contributed by atoms with Gasteiger partial charge in [0.15, 0.2) is 0 Å². The molecule has 1 aliphatic carbocycles. The van der Waals surface area contributed by atoms with Gasteiger partial charge in [-0.1, -0.05) is 6.07 Å². The third-order valence-corrected chi connectivity index (χ3v) is 6.15. The average Bonchev–Trinajstić information content (AvgIpc) is 3.43. The quantitative estimate of drug-likeness (QED) is 0.817. The fourth-order valence-electron chi connectivity index (χ4n) is 4.35. The number of carbonyl (C=O) groups excluding carboxylic acids is 2. The highest BCUT2D eigenvalue weighted by atomic mass is 19.1. The predicted molar refractivity (Wildman–Crippen MR) is 96.4 cm³/mol. The van der Waals surface area contributed by atoms with Crippen molar-refractivity contribution < 1.29 is 22.8 Å². The van der Waals surface area contributed by atoms with Gasteiger partial charge in [-0.25, -0.2) is 13.2 Å². The molecule has 4 atom stereocenters. The number of amides is 2. The Balaban J connectivity index is 1.46. The lowest BCUT2D eigenvalue weighted by Gasteiger charge is -2.38. The maximum Gasteiger partial charge on any atom is 0.246 e. The average molecular weight is 395 g/mol. The topological polar surface area (TPSA) is 61.4 Å². The molecule has 1 saturated heterocycles. The van der Waals surface area contributed by atoms with Crippen LogP contribution >= 0.6 is 0 Å². The molecule has 2 N–H and O–H groups in total. The van der Waals surface area contributed by atoms with E-state index in [4.69, 9.17) is 0 Å². The van der Waals surface area contributed by atoms with Crippen LogP contribution in [0.1, 0.15) is 37.3 Å². The standard InChI is InChI=1S/C20H24F3N3O2/c1-11(18-16(23)8-15(22)9-24-18)25-19(28)20(4-5-20)26-10-13-6-14(21)3-2-12(13)7-17(26)27/h2-3,6,11,15-16,18,24H,4-5,7-10H2,1H3,(H,25,28)/t11-,15?,16?,18?/m1/s1. The Hall–Kier alpha value is -2.09. The van der Waals surface area contributed by atoms with Gasteiger partial charge >= 0.3 is 0 Å². The molecule has 8 heteroatoms. The van der Waals surface area contributed by atoms with E-state index in [1.54, 1.807) is 13.0 Å². The molecule has 3 unspecified atom stereocenters. The number of halogens is 3. The molecule has 2 aliphatic heterocycles. The van der Waals surface area contributed by atoms with E-state index in [0.717, 1.165) is 5.56 Å². The van der Waals surface area contributed by atoms with Crippen LogP contribution < -0.4 is 10.6 Å². The minimum absolute atomic E-state index is 0.0589. The van der Waals surface area contributed by atoms with Gasteiger partial charge in [0.05, 0.1) is 12.5 Å². The van der Waals surface area contributed by atoms with Crippen molar-refractivity contribution in [1.82, 2.24) is 15.5 Å². The van der Waals surface area contributed by atoms with Gasteiger partial charge in [-0.05, 0) is 43.0 Å². The normalized spacial score (nSPS) is 29.8. The zero-order valence-corrected chi connectivity index (χ0v) is 15.7. The second-order valence-corrected chi connectivity index (χ2v) is 8.15. The zero-order chi connectivity index (χ0) is 20.1. The van der Waals surface area contributed by atoms with E-state index >= 15 is 0 Å². The number of hydrogen-bond donors (Lipinski definition) is 2. The lowest BCUT2D eigenvalue weighted by atomic mass is 9.95. The van der Waals surface area contributed by atoms with E-state index in [0.29, 0.717) is 18.4 Å². The Morgan fingerprint density at radius 3 is 2.75 bits per heavy atom. The summed E-state index contributed by atoms with van der Waals surface area (Å²) in [5, 5.41) is 5.64. The van der Waals surface area contributed by atoms with Crippen LogP contribution in [0.5, 0.6) is 0 Å². The van der Waals surface area contributed by atoms with Gasteiger partial charge < -0.3 is 15.5 Å². The third-order valence-electron chi connectivity index (χ3n) is 6.15. The molecule has 1 aromatic rings. The van der Waals surface area contributed by atoms with E-state index in [1.165, 1.54) is 17.0 Å². The van der Waals surface area contributed by atoms with Crippen LogP contribution in [0, 0.1) is 5.82 Å². The molecular formula is C20H24F3N3O2. The SMILES string of the molecule is C[C@@H](NC(=O)C1(N2Cc3cc(F)ccc3CC2=O)CC1)C1NCC(F)CC1F. The van der Waals surface area contributed by atoms with E-state index in [9.17, 15) is 22.8 Å². The molecule has 5 nitrogen and oxygen atoms in total. The Bertz CT molecular complexity index is 799. The number of nitrogens with zero attached hydrogens (tertiary/aromatic N) is 1. The van der Waals surface area contributed by atoms with Crippen molar-refractivity contribution in [3.63, 3.8) is 0 Å². The molecule has 4 rings (SSSR count). The number of nitrogens with one attached hydrogen (secondary N) is 2. The van der Waals surface area contributed by atoms with E-state index in [1.807, 2.05) is 0 Å². The summed E-state index contributed by atoms with van der Waals surface area (Å²) >= 11 is 0. The first-order chi connectivity index (χ1) is 13.3. The Kier molecular flexibility index (Phi) is 4.85. The van der Waals surface area contributed by atoms with Crippen LogP contribution in [-0.2, 0) is 22.6 Å². The summed E-state index contributed by atoms with van der Waals surface area (Å²) in [7, 11) is 0. The summed E-state index contributed by atoms with van der Waals surface area (Å²) in [6.45, 7) is 1.92.